The fourth-order valence-corrected chi connectivity index (χ4v) is 4.76. The molecule has 3 rings (SSSR count). The normalized spacial score (nSPS) is 14.9. The second-order valence-corrected chi connectivity index (χ2v) is 9.23. The maximum Gasteiger partial charge on any atom is 0.190 e. The minimum atomic E-state index is 0.655. The lowest BCUT2D eigenvalue weighted by Crippen LogP contribution is -2.01. The van der Waals surface area contributed by atoms with Gasteiger partial charge in [0.25, 0.3) is 0 Å². The highest BCUT2D eigenvalue weighted by atomic mass is 32.2. The minimum Gasteiger partial charge on any atom is -0.343 e. The van der Waals surface area contributed by atoms with E-state index in [0.717, 1.165) is 28.7 Å². The van der Waals surface area contributed by atoms with Crippen LogP contribution in [-0.4, -0.2) is 26.5 Å². The van der Waals surface area contributed by atoms with Crippen molar-refractivity contribution in [2.75, 3.05) is 11.5 Å². The molecular weight excluding hydrogens is 322 g/mol. The van der Waals surface area contributed by atoms with Crippen molar-refractivity contribution in [2.45, 2.75) is 63.6 Å². The molecular formula is C18H27N3S2. The van der Waals surface area contributed by atoms with Gasteiger partial charge in [0.15, 0.2) is 5.16 Å². The summed E-state index contributed by atoms with van der Waals surface area (Å²) in [5.74, 6) is 3.51. The second-order valence-electron chi connectivity index (χ2n) is 7.23. The van der Waals surface area contributed by atoms with E-state index in [2.05, 4.69) is 32.7 Å². The number of hydrogen-bond donors (Lipinski definition) is 1. The average molecular weight is 350 g/mol. The molecule has 2 heterocycles. The summed E-state index contributed by atoms with van der Waals surface area (Å²) >= 11 is 3.68. The quantitative estimate of drug-likeness (QED) is 0.434. The van der Waals surface area contributed by atoms with Crippen molar-refractivity contribution in [3.8, 4) is 0 Å². The van der Waals surface area contributed by atoms with E-state index in [4.69, 9.17) is 9.97 Å². The number of aromatic amines is 1. The summed E-state index contributed by atoms with van der Waals surface area (Å²) in [6.07, 6.45) is 4.91. The maximum absolute atomic E-state index is 4.92. The molecule has 3 nitrogen and oxygen atoms in total. The van der Waals surface area contributed by atoms with Gasteiger partial charge in [-0.05, 0) is 43.1 Å². The monoisotopic (exact) mass is 349 g/mol. The van der Waals surface area contributed by atoms with Crippen molar-refractivity contribution in [2.24, 2.45) is 11.8 Å². The Morgan fingerprint density at radius 1 is 0.957 bits per heavy atom. The number of nitrogens with one attached hydrogen (secondary N) is 1. The number of rotatable bonds is 6. The molecule has 0 saturated heterocycles. The van der Waals surface area contributed by atoms with E-state index in [1.165, 1.54) is 40.9 Å². The van der Waals surface area contributed by atoms with Crippen LogP contribution in [0.5, 0.6) is 0 Å². The third kappa shape index (κ3) is 4.05. The molecule has 1 N–H and O–H groups in total. The van der Waals surface area contributed by atoms with Gasteiger partial charge in [-0.1, -0.05) is 39.5 Å². The van der Waals surface area contributed by atoms with Crippen LogP contribution >= 0.6 is 23.5 Å². The van der Waals surface area contributed by atoms with Gasteiger partial charge < -0.3 is 4.98 Å². The van der Waals surface area contributed by atoms with Gasteiger partial charge in [-0.15, -0.1) is 11.8 Å². The molecule has 0 aliphatic heterocycles. The van der Waals surface area contributed by atoms with Crippen LogP contribution in [0.1, 0.15) is 51.8 Å². The lowest BCUT2D eigenvalue weighted by Gasteiger charge is -2.12. The van der Waals surface area contributed by atoms with Crippen molar-refractivity contribution < 1.29 is 0 Å². The molecule has 5 heteroatoms. The van der Waals surface area contributed by atoms with E-state index in [9.17, 15) is 0 Å². The molecule has 1 aliphatic rings. The Morgan fingerprint density at radius 3 is 2.39 bits per heavy atom. The van der Waals surface area contributed by atoms with Crippen LogP contribution in [0, 0.1) is 11.8 Å². The third-order valence-electron chi connectivity index (χ3n) is 3.99. The van der Waals surface area contributed by atoms with Gasteiger partial charge >= 0.3 is 0 Å². The molecule has 0 radical (unpaired) electrons. The second kappa shape index (κ2) is 7.47. The zero-order chi connectivity index (χ0) is 16.4. The van der Waals surface area contributed by atoms with E-state index >= 15 is 0 Å². The van der Waals surface area contributed by atoms with Gasteiger partial charge in [0.2, 0.25) is 0 Å². The van der Waals surface area contributed by atoms with Gasteiger partial charge in [0.1, 0.15) is 10.7 Å². The summed E-state index contributed by atoms with van der Waals surface area (Å²) in [4.78, 5) is 13.3. The number of thioether (sulfide) groups is 2. The summed E-state index contributed by atoms with van der Waals surface area (Å²) in [6.45, 7) is 9.03. The van der Waals surface area contributed by atoms with E-state index < -0.39 is 0 Å². The fourth-order valence-electron chi connectivity index (χ4n) is 2.90. The average Bonchev–Trinajstić information content (AvgIpc) is 2.89. The summed E-state index contributed by atoms with van der Waals surface area (Å²) in [5.41, 5.74) is 3.94. The molecule has 1 aliphatic carbocycles. The van der Waals surface area contributed by atoms with Crippen LogP contribution in [-0.2, 0) is 12.8 Å². The topological polar surface area (TPSA) is 41.6 Å². The first-order valence-electron chi connectivity index (χ1n) is 8.71. The number of aromatic nitrogens is 3. The van der Waals surface area contributed by atoms with Crippen molar-refractivity contribution in [3.63, 3.8) is 0 Å². The van der Waals surface area contributed by atoms with Crippen LogP contribution in [0.3, 0.4) is 0 Å². The summed E-state index contributed by atoms with van der Waals surface area (Å²) in [5, 5.41) is 3.42. The van der Waals surface area contributed by atoms with Crippen LogP contribution < -0.4 is 0 Å². The highest BCUT2D eigenvalue weighted by Crippen LogP contribution is 2.36. The zero-order valence-electron chi connectivity index (χ0n) is 14.6. The predicted molar refractivity (Wildman–Crippen MR) is 102 cm³/mol. The molecule has 0 saturated carbocycles. The van der Waals surface area contributed by atoms with Crippen molar-refractivity contribution >= 4 is 34.6 Å². The first-order chi connectivity index (χ1) is 11.0. The highest BCUT2D eigenvalue weighted by Gasteiger charge is 2.21. The molecule has 2 aromatic rings. The molecule has 0 fully saturated rings. The molecule has 126 valence electrons. The first-order valence-corrected chi connectivity index (χ1v) is 10.7. The molecule has 0 amide bonds. The molecule has 0 atom stereocenters. The van der Waals surface area contributed by atoms with Crippen LogP contribution in [0.15, 0.2) is 10.2 Å². The highest BCUT2D eigenvalue weighted by molar-refractivity contribution is 8.00. The summed E-state index contributed by atoms with van der Waals surface area (Å²) < 4.78 is 0. The van der Waals surface area contributed by atoms with Gasteiger partial charge in [0, 0.05) is 17.2 Å². The van der Waals surface area contributed by atoms with Crippen LogP contribution in [0.2, 0.25) is 0 Å². The number of nitrogens with zero attached hydrogens (tertiary/aromatic N) is 2. The minimum absolute atomic E-state index is 0.655. The molecule has 0 bridgehead atoms. The Bertz CT molecular complexity index is 676. The lowest BCUT2D eigenvalue weighted by atomic mass is 9.96. The molecule has 0 spiro atoms. The Hall–Kier alpha value is -0.680. The SMILES string of the molecule is CC(C)CSc1nc(SCC(C)C)c2c3c([nH]c2n1)CCCC3. The van der Waals surface area contributed by atoms with E-state index in [0.29, 0.717) is 11.8 Å². The van der Waals surface area contributed by atoms with Crippen LogP contribution in [0.4, 0.5) is 0 Å². The fraction of sp³-hybridized carbons (Fsp3) is 0.667. The van der Waals surface area contributed by atoms with Gasteiger partial charge in [-0.3, -0.25) is 0 Å². The Kier molecular flexibility index (Phi) is 5.57. The Labute approximate surface area is 147 Å². The number of fused-ring (bicyclic) bond motifs is 3. The molecule has 2 aromatic heterocycles. The maximum atomic E-state index is 4.92. The van der Waals surface area contributed by atoms with Crippen molar-refractivity contribution in [1.82, 2.24) is 15.0 Å². The van der Waals surface area contributed by atoms with Gasteiger partial charge in [-0.2, -0.15) is 0 Å². The largest absolute Gasteiger partial charge is 0.343 e. The van der Waals surface area contributed by atoms with E-state index in [1.54, 1.807) is 11.8 Å². The smallest absolute Gasteiger partial charge is 0.190 e. The van der Waals surface area contributed by atoms with Crippen LogP contribution in [0.25, 0.3) is 11.0 Å². The number of aryl methyl sites for hydroxylation is 2. The zero-order valence-corrected chi connectivity index (χ0v) is 16.2. The predicted octanol–water partition coefficient (Wildman–Crippen LogP) is 5.33. The summed E-state index contributed by atoms with van der Waals surface area (Å²) in [7, 11) is 0. The molecule has 23 heavy (non-hydrogen) atoms. The first kappa shape index (κ1) is 17.2. The standard InChI is InChI=1S/C18H27N3S2/c1-11(2)9-22-17-15-13-7-5-6-8-14(13)19-16(15)20-18(21-17)23-10-12(3)4/h11-12H,5-10H2,1-4H3,(H,19,20,21). The van der Waals surface area contributed by atoms with E-state index in [-0.39, 0.29) is 0 Å². The third-order valence-corrected chi connectivity index (χ3v) is 6.67. The summed E-state index contributed by atoms with van der Waals surface area (Å²) in [6, 6.07) is 0. The van der Waals surface area contributed by atoms with Gasteiger partial charge in [0.05, 0.1) is 5.39 Å². The lowest BCUT2D eigenvalue weighted by molar-refractivity contribution is 0.679. The molecule has 0 unspecified atom stereocenters. The molecule has 0 aromatic carbocycles. The number of H-pyrrole nitrogens is 1. The van der Waals surface area contributed by atoms with E-state index in [1.807, 2.05) is 11.8 Å². The Balaban J connectivity index is 2.00. The Morgan fingerprint density at radius 2 is 1.65 bits per heavy atom. The number of hydrogen-bond acceptors (Lipinski definition) is 4. The van der Waals surface area contributed by atoms with Gasteiger partial charge in [-0.25, -0.2) is 9.97 Å². The van der Waals surface area contributed by atoms with Crippen molar-refractivity contribution in [3.05, 3.63) is 11.3 Å². The van der Waals surface area contributed by atoms with Crippen molar-refractivity contribution in [1.29, 1.82) is 0 Å².